The van der Waals surface area contributed by atoms with E-state index in [0.29, 0.717) is 18.0 Å². The van der Waals surface area contributed by atoms with Gasteiger partial charge in [0.05, 0.1) is 16.3 Å². The molecule has 228 valence electrons. The molecular weight excluding hydrogens is 583 g/mol. The normalized spacial score (nSPS) is 16.7. The summed E-state index contributed by atoms with van der Waals surface area (Å²) in [4.78, 5) is 16.6. The summed E-state index contributed by atoms with van der Waals surface area (Å²) in [6.07, 6.45) is 1.44. The molecule has 1 unspecified atom stereocenters. The average molecular weight is 616 g/mol. The number of aryl methyl sites for hydroxylation is 3. The summed E-state index contributed by atoms with van der Waals surface area (Å²) in [6, 6.07) is 14.3. The molecule has 9 nitrogen and oxygen atoms in total. The Morgan fingerprint density at radius 1 is 1.02 bits per heavy atom. The molecule has 4 aromatic rings. The first-order valence-electron chi connectivity index (χ1n) is 13.9. The van der Waals surface area contributed by atoms with E-state index in [0.717, 1.165) is 65.6 Å². The minimum absolute atomic E-state index is 0.0666. The Balaban J connectivity index is 0.000000283. The Bertz CT molecular complexity index is 1710. The third kappa shape index (κ3) is 7.52. The van der Waals surface area contributed by atoms with E-state index in [1.165, 1.54) is 19.2 Å². The predicted molar refractivity (Wildman–Crippen MR) is 153 cm³/mol. The van der Waals surface area contributed by atoms with Crippen LogP contribution >= 0.6 is 0 Å². The van der Waals surface area contributed by atoms with Crippen molar-refractivity contribution >= 4 is 16.0 Å². The zero-order valence-corrected chi connectivity index (χ0v) is 24.5. The van der Waals surface area contributed by atoms with Crippen LogP contribution in [0.1, 0.15) is 36.3 Å². The molecule has 1 amide bonds. The number of amides is 1. The summed E-state index contributed by atoms with van der Waals surface area (Å²) < 4.78 is 71.7. The highest BCUT2D eigenvalue weighted by Gasteiger charge is 2.35. The van der Waals surface area contributed by atoms with Gasteiger partial charge in [-0.3, -0.25) is 14.0 Å². The number of hydrogen-bond donors (Lipinski definition) is 2. The first kappa shape index (κ1) is 30.5. The number of nitrogens with zero attached hydrogens (tertiary/aromatic N) is 4. The first-order valence-corrected chi connectivity index (χ1v) is 15.3. The lowest BCUT2D eigenvalue weighted by atomic mass is 9.99. The molecule has 1 aliphatic heterocycles. The van der Waals surface area contributed by atoms with Crippen LogP contribution in [0.25, 0.3) is 22.5 Å². The zero-order valence-electron chi connectivity index (χ0n) is 23.7. The van der Waals surface area contributed by atoms with Crippen molar-refractivity contribution < 1.29 is 30.9 Å². The molecular formula is C30H32F3N5O4S. The van der Waals surface area contributed by atoms with Gasteiger partial charge in [-0.1, -0.05) is 42.0 Å². The first-order chi connectivity index (χ1) is 20.3. The van der Waals surface area contributed by atoms with Crippen LogP contribution in [0.2, 0.25) is 0 Å². The van der Waals surface area contributed by atoms with Crippen molar-refractivity contribution in [2.75, 3.05) is 6.54 Å². The Labute approximate surface area is 247 Å². The summed E-state index contributed by atoms with van der Waals surface area (Å²) in [7, 11) is -2.73. The van der Waals surface area contributed by atoms with Crippen LogP contribution in [0, 0.1) is 18.8 Å². The van der Waals surface area contributed by atoms with Gasteiger partial charge in [0, 0.05) is 49.8 Å². The van der Waals surface area contributed by atoms with Crippen molar-refractivity contribution in [3.05, 3.63) is 77.9 Å². The van der Waals surface area contributed by atoms with Gasteiger partial charge in [0.2, 0.25) is 5.91 Å². The van der Waals surface area contributed by atoms with Gasteiger partial charge in [-0.05, 0) is 50.3 Å². The lowest BCUT2D eigenvalue weighted by Crippen LogP contribution is -2.34. The van der Waals surface area contributed by atoms with Gasteiger partial charge in [-0.2, -0.15) is 26.7 Å². The van der Waals surface area contributed by atoms with Crippen molar-refractivity contribution in [1.82, 2.24) is 24.6 Å². The quantitative estimate of drug-likeness (QED) is 0.284. The summed E-state index contributed by atoms with van der Waals surface area (Å²) in [5, 5.41) is 7.07. The number of alkyl halides is 3. The second-order valence-electron chi connectivity index (χ2n) is 11.0. The van der Waals surface area contributed by atoms with Crippen molar-refractivity contribution in [3.8, 4) is 22.5 Å². The van der Waals surface area contributed by atoms with Crippen LogP contribution in [0.5, 0.6) is 0 Å². The summed E-state index contributed by atoms with van der Waals surface area (Å²) in [5.41, 5.74) is 2.83. The molecule has 43 heavy (non-hydrogen) atoms. The maximum Gasteiger partial charge on any atom is 0.433 e. The molecule has 1 saturated carbocycles. The molecule has 2 aromatic heterocycles. The van der Waals surface area contributed by atoms with E-state index < -0.39 is 22.0 Å². The monoisotopic (exact) mass is 615 g/mol. The number of rotatable bonds is 6. The average Bonchev–Trinajstić information content (AvgIpc) is 3.60. The second kappa shape index (κ2) is 12.0. The van der Waals surface area contributed by atoms with Crippen LogP contribution in [0.15, 0.2) is 65.7 Å². The maximum absolute atomic E-state index is 13.0. The van der Waals surface area contributed by atoms with Crippen molar-refractivity contribution in [2.45, 2.75) is 50.2 Å². The van der Waals surface area contributed by atoms with Gasteiger partial charge in [0.15, 0.2) is 0 Å². The minimum Gasteiger partial charge on any atom is -0.356 e. The molecule has 3 heterocycles. The Hall–Kier alpha value is -3.97. The van der Waals surface area contributed by atoms with E-state index >= 15 is 0 Å². The van der Waals surface area contributed by atoms with Crippen LogP contribution in [0.3, 0.4) is 0 Å². The number of hydrogen-bond acceptors (Lipinski definition) is 5. The van der Waals surface area contributed by atoms with Gasteiger partial charge in [-0.15, -0.1) is 0 Å². The molecule has 1 fully saturated rings. The van der Waals surface area contributed by atoms with Gasteiger partial charge in [0.1, 0.15) is 11.5 Å². The van der Waals surface area contributed by atoms with E-state index in [2.05, 4.69) is 15.0 Å². The standard InChI is InChI=1S/C23H24F3N5O.C7H8O3S/c1-30-20(23(24,25)26)10-18(29-30)15-3-5-16(6-4-15)19-13-31-12-14(2-9-21(31)28-19)11-27-22(32)17-7-8-17;1-6-2-4-7(5-3-6)11(8,9)10/h3-6,10,13-14,17H,2,7-9,11-12H2,1H3,(H,27,32);2-5H,1H3,(H,8,9,10). The van der Waals surface area contributed by atoms with Gasteiger partial charge >= 0.3 is 6.18 Å². The molecule has 2 aromatic carbocycles. The Morgan fingerprint density at radius 3 is 2.21 bits per heavy atom. The highest BCUT2D eigenvalue weighted by molar-refractivity contribution is 7.85. The van der Waals surface area contributed by atoms with Gasteiger partial charge in [0.25, 0.3) is 10.1 Å². The molecule has 0 bridgehead atoms. The molecule has 2 N–H and O–H groups in total. The van der Waals surface area contributed by atoms with E-state index in [1.807, 2.05) is 25.3 Å². The number of halogens is 3. The van der Waals surface area contributed by atoms with E-state index in [-0.39, 0.29) is 22.4 Å². The largest absolute Gasteiger partial charge is 0.433 e. The molecule has 0 radical (unpaired) electrons. The summed E-state index contributed by atoms with van der Waals surface area (Å²) >= 11 is 0. The number of fused-ring (bicyclic) bond motifs is 1. The number of benzene rings is 2. The predicted octanol–water partition coefficient (Wildman–Crippen LogP) is 5.30. The molecule has 1 atom stereocenters. The molecule has 2 aliphatic rings. The Kier molecular flexibility index (Phi) is 8.48. The fraction of sp³-hybridized carbons (Fsp3) is 0.367. The molecule has 1 aliphatic carbocycles. The van der Waals surface area contributed by atoms with E-state index in [9.17, 15) is 26.4 Å². The van der Waals surface area contributed by atoms with Crippen LogP contribution in [-0.4, -0.2) is 44.8 Å². The number of aromatic nitrogens is 4. The smallest absolute Gasteiger partial charge is 0.356 e. The summed E-state index contributed by atoms with van der Waals surface area (Å²) in [5.74, 6) is 1.82. The Morgan fingerprint density at radius 2 is 1.65 bits per heavy atom. The zero-order chi connectivity index (χ0) is 30.9. The lowest BCUT2D eigenvalue weighted by molar-refractivity contribution is -0.143. The third-order valence-corrected chi connectivity index (χ3v) is 8.44. The van der Waals surface area contributed by atoms with E-state index in [4.69, 9.17) is 9.54 Å². The van der Waals surface area contributed by atoms with Crippen LogP contribution < -0.4 is 5.32 Å². The second-order valence-corrected chi connectivity index (χ2v) is 12.4. The van der Waals surface area contributed by atoms with Gasteiger partial charge < -0.3 is 9.88 Å². The topological polar surface area (TPSA) is 119 Å². The fourth-order valence-electron chi connectivity index (χ4n) is 4.95. The van der Waals surface area contributed by atoms with E-state index in [1.54, 1.807) is 24.3 Å². The number of carbonyl (C=O) groups excluding carboxylic acids is 1. The molecule has 6 rings (SSSR count). The molecule has 0 spiro atoms. The van der Waals surface area contributed by atoms with Crippen LogP contribution in [0.4, 0.5) is 13.2 Å². The number of imidazole rings is 1. The summed E-state index contributed by atoms with van der Waals surface area (Å²) in [6.45, 7) is 3.36. The lowest BCUT2D eigenvalue weighted by Gasteiger charge is -2.23. The highest BCUT2D eigenvalue weighted by atomic mass is 32.2. The molecule has 13 heteroatoms. The van der Waals surface area contributed by atoms with Gasteiger partial charge in [-0.25, -0.2) is 4.98 Å². The van der Waals surface area contributed by atoms with Crippen molar-refractivity contribution in [1.29, 1.82) is 0 Å². The highest BCUT2D eigenvalue weighted by Crippen LogP contribution is 2.33. The van der Waals surface area contributed by atoms with Crippen molar-refractivity contribution in [3.63, 3.8) is 0 Å². The SMILES string of the molecule is Cc1ccc(S(=O)(=O)O)cc1.Cn1nc(-c2ccc(-c3cn4c(n3)CCC(CNC(=O)C3CC3)C4)cc2)cc1C(F)(F)F. The minimum atomic E-state index is -4.44. The third-order valence-electron chi connectivity index (χ3n) is 7.57. The molecule has 0 saturated heterocycles. The maximum atomic E-state index is 13.0. The fourth-order valence-corrected chi connectivity index (χ4v) is 5.43. The van der Waals surface area contributed by atoms with Crippen molar-refractivity contribution in [2.24, 2.45) is 18.9 Å². The number of carbonyl (C=O) groups is 1. The van der Waals surface area contributed by atoms with Crippen LogP contribution in [-0.2, 0) is 41.1 Å². The number of nitrogens with one attached hydrogen (secondary N) is 1.